The lowest BCUT2D eigenvalue weighted by Crippen LogP contribution is -2.27. The Morgan fingerprint density at radius 2 is 1.89 bits per heavy atom. The second kappa shape index (κ2) is 12.1. The molecular formula is C23H23F4N3O5. The summed E-state index contributed by atoms with van der Waals surface area (Å²) in [6, 6.07) is 7.54. The molecule has 2 unspecified atom stereocenters. The summed E-state index contributed by atoms with van der Waals surface area (Å²) in [4.78, 5) is 23.8. The van der Waals surface area contributed by atoms with E-state index in [0.29, 0.717) is 5.56 Å². The number of rotatable bonds is 10. The summed E-state index contributed by atoms with van der Waals surface area (Å²) >= 11 is 0. The molecule has 2 atom stereocenters. The lowest BCUT2D eigenvalue weighted by molar-refractivity contribution is -0.222. The highest BCUT2D eigenvalue weighted by molar-refractivity contribution is 6.00. The van der Waals surface area contributed by atoms with Crippen LogP contribution in [-0.2, 0) is 14.3 Å². The van der Waals surface area contributed by atoms with Gasteiger partial charge in [-0.15, -0.1) is 0 Å². The Bertz CT molecular complexity index is 1100. The van der Waals surface area contributed by atoms with Crippen molar-refractivity contribution in [3.05, 3.63) is 58.9 Å². The predicted octanol–water partition coefficient (Wildman–Crippen LogP) is 5.19. The summed E-state index contributed by atoms with van der Waals surface area (Å²) in [5.74, 6) is -2.74. The van der Waals surface area contributed by atoms with Gasteiger partial charge in [0.2, 0.25) is 0 Å². The molecule has 0 spiro atoms. The molecule has 2 rings (SSSR count). The number of carboxylic acids is 1. The van der Waals surface area contributed by atoms with E-state index in [4.69, 9.17) is 14.7 Å². The summed E-state index contributed by atoms with van der Waals surface area (Å²) in [5.41, 5.74) is -0.669. The molecule has 0 heterocycles. The maximum atomic E-state index is 13.8. The number of halogens is 4. The molecule has 8 nitrogen and oxygen atoms in total. The number of hydrogen-bond acceptors (Lipinski definition) is 5. The number of hydrogen-bond donors (Lipinski definition) is 3. The molecule has 0 saturated heterocycles. The van der Waals surface area contributed by atoms with E-state index in [2.05, 4.69) is 10.6 Å². The number of nitrogens with one attached hydrogen (secondary N) is 2. The van der Waals surface area contributed by atoms with Gasteiger partial charge < -0.3 is 25.2 Å². The fraction of sp³-hybridized carbons (Fsp3) is 0.348. The third-order valence-electron chi connectivity index (χ3n) is 4.85. The van der Waals surface area contributed by atoms with Crippen LogP contribution in [0, 0.1) is 17.1 Å². The molecule has 2 aromatic rings. The van der Waals surface area contributed by atoms with Crippen LogP contribution in [0.5, 0.6) is 0 Å². The molecule has 2 aromatic carbocycles. The van der Waals surface area contributed by atoms with Crippen molar-refractivity contribution >= 4 is 23.4 Å². The lowest BCUT2D eigenvalue weighted by Gasteiger charge is -2.25. The average molecular weight is 497 g/mol. The second-order valence-electron chi connectivity index (χ2n) is 7.36. The van der Waals surface area contributed by atoms with Crippen LogP contribution in [0.2, 0.25) is 0 Å². The van der Waals surface area contributed by atoms with Crippen molar-refractivity contribution in [2.45, 2.75) is 31.5 Å². The lowest BCUT2D eigenvalue weighted by atomic mass is 9.93. The van der Waals surface area contributed by atoms with Gasteiger partial charge in [0.25, 0.3) is 0 Å². The fourth-order valence-corrected chi connectivity index (χ4v) is 3.35. The van der Waals surface area contributed by atoms with Gasteiger partial charge in [-0.1, -0.05) is 12.1 Å². The van der Waals surface area contributed by atoms with Gasteiger partial charge in [-0.05, 0) is 36.8 Å². The van der Waals surface area contributed by atoms with Gasteiger partial charge in [0, 0.05) is 36.6 Å². The van der Waals surface area contributed by atoms with Gasteiger partial charge in [0.1, 0.15) is 11.9 Å². The number of aliphatic carboxylic acids is 1. The number of benzene rings is 2. The van der Waals surface area contributed by atoms with Crippen LogP contribution < -0.4 is 10.6 Å². The van der Waals surface area contributed by atoms with Crippen molar-refractivity contribution in [3.63, 3.8) is 0 Å². The highest BCUT2D eigenvalue weighted by Crippen LogP contribution is 2.40. The number of anilines is 2. The predicted molar refractivity (Wildman–Crippen MR) is 117 cm³/mol. The van der Waals surface area contributed by atoms with E-state index in [1.165, 1.54) is 32.2 Å². The van der Waals surface area contributed by atoms with Crippen molar-refractivity contribution < 1.29 is 41.7 Å². The highest BCUT2D eigenvalue weighted by Gasteiger charge is 2.43. The largest absolute Gasteiger partial charge is 0.481 e. The first kappa shape index (κ1) is 27.6. The SMILES string of the molecule is CCOC(c1ccc(C(COC)CC(=O)O)cc1NC(=O)Nc1ccc(C#N)c(F)c1)C(F)(F)F. The normalized spacial score (nSPS) is 12.9. The van der Waals surface area contributed by atoms with Crippen molar-refractivity contribution in [3.8, 4) is 6.07 Å². The Kier molecular flexibility index (Phi) is 9.56. The van der Waals surface area contributed by atoms with Crippen LogP contribution in [0.3, 0.4) is 0 Å². The third kappa shape index (κ3) is 7.66. The molecule has 0 aliphatic rings. The molecule has 0 saturated carbocycles. The molecule has 0 aromatic heterocycles. The molecule has 2 amide bonds. The number of carbonyl (C=O) groups is 2. The minimum Gasteiger partial charge on any atom is -0.481 e. The number of carboxylic acid groups (broad SMARTS) is 1. The van der Waals surface area contributed by atoms with E-state index in [0.717, 1.165) is 18.2 Å². The zero-order valence-electron chi connectivity index (χ0n) is 18.8. The number of methoxy groups -OCH3 is 1. The topological polar surface area (TPSA) is 121 Å². The van der Waals surface area contributed by atoms with Crippen LogP contribution >= 0.6 is 0 Å². The molecular weight excluding hydrogens is 474 g/mol. The van der Waals surface area contributed by atoms with E-state index >= 15 is 0 Å². The molecule has 12 heteroatoms. The highest BCUT2D eigenvalue weighted by atomic mass is 19.4. The number of urea groups is 1. The third-order valence-corrected chi connectivity index (χ3v) is 4.85. The minimum atomic E-state index is -4.81. The maximum absolute atomic E-state index is 13.8. The van der Waals surface area contributed by atoms with Gasteiger partial charge in [-0.2, -0.15) is 18.4 Å². The Labute approximate surface area is 198 Å². The summed E-state index contributed by atoms with van der Waals surface area (Å²) < 4.78 is 64.9. The fourth-order valence-electron chi connectivity index (χ4n) is 3.35. The second-order valence-corrected chi connectivity index (χ2v) is 7.36. The number of ether oxygens (including phenoxy) is 2. The zero-order chi connectivity index (χ0) is 26.2. The van der Waals surface area contributed by atoms with E-state index < -0.39 is 41.6 Å². The van der Waals surface area contributed by atoms with Gasteiger partial charge in [0.05, 0.1) is 18.6 Å². The van der Waals surface area contributed by atoms with E-state index in [-0.39, 0.29) is 36.6 Å². The molecule has 0 aliphatic carbocycles. The van der Waals surface area contributed by atoms with Crippen LogP contribution in [0.4, 0.5) is 33.7 Å². The molecule has 3 N–H and O–H groups in total. The standard InChI is InChI=1S/C23H23F4N3O5/c1-3-35-21(23(25,26)27)17-7-5-13(15(12-34-2)9-20(31)32)8-19(17)30-22(33)29-16-6-4-14(11-28)18(24)10-16/h4-8,10,15,21H,3,9,12H2,1-2H3,(H,31,32)(H2,29,30,33). The minimum absolute atomic E-state index is 0.0318. The van der Waals surface area contributed by atoms with E-state index in [1.54, 1.807) is 6.07 Å². The van der Waals surface area contributed by atoms with Crippen molar-refractivity contribution in [1.29, 1.82) is 5.26 Å². The summed E-state index contributed by atoms with van der Waals surface area (Å²) in [6.45, 7) is 1.08. The molecule has 35 heavy (non-hydrogen) atoms. The number of alkyl halides is 3. The molecule has 0 fully saturated rings. The van der Waals surface area contributed by atoms with E-state index in [9.17, 15) is 32.3 Å². The first-order valence-electron chi connectivity index (χ1n) is 10.3. The van der Waals surface area contributed by atoms with Gasteiger partial charge in [0.15, 0.2) is 6.10 Å². The Morgan fingerprint density at radius 3 is 2.43 bits per heavy atom. The molecule has 0 bridgehead atoms. The first-order valence-corrected chi connectivity index (χ1v) is 10.3. The number of amides is 2. The number of nitriles is 1. The zero-order valence-corrected chi connectivity index (χ0v) is 18.8. The Hall–Kier alpha value is -3.69. The quantitative estimate of drug-likeness (QED) is 0.389. The number of carbonyl (C=O) groups excluding carboxylic acids is 1. The van der Waals surface area contributed by atoms with Crippen LogP contribution in [-0.4, -0.2) is 43.6 Å². The number of nitrogens with zero attached hydrogens (tertiary/aromatic N) is 1. The van der Waals surface area contributed by atoms with Crippen LogP contribution in [0.15, 0.2) is 36.4 Å². The molecule has 0 aliphatic heterocycles. The summed E-state index contributed by atoms with van der Waals surface area (Å²) in [5, 5.41) is 22.6. The monoisotopic (exact) mass is 497 g/mol. The van der Waals surface area contributed by atoms with Crippen molar-refractivity contribution in [2.24, 2.45) is 0 Å². The average Bonchev–Trinajstić information content (AvgIpc) is 2.76. The molecule has 188 valence electrons. The van der Waals surface area contributed by atoms with Crippen LogP contribution in [0.25, 0.3) is 0 Å². The van der Waals surface area contributed by atoms with Crippen molar-refractivity contribution in [2.75, 3.05) is 31.0 Å². The summed E-state index contributed by atoms with van der Waals surface area (Å²) in [7, 11) is 1.35. The Morgan fingerprint density at radius 1 is 1.17 bits per heavy atom. The first-order chi connectivity index (χ1) is 16.5. The smallest absolute Gasteiger partial charge is 0.418 e. The summed E-state index contributed by atoms with van der Waals surface area (Å²) in [6.07, 6.45) is -7.55. The van der Waals surface area contributed by atoms with Gasteiger partial charge in [-0.25, -0.2) is 9.18 Å². The van der Waals surface area contributed by atoms with Crippen molar-refractivity contribution in [1.82, 2.24) is 0 Å². The maximum Gasteiger partial charge on any atom is 0.418 e. The van der Waals surface area contributed by atoms with Crippen LogP contribution in [0.1, 0.15) is 42.1 Å². The van der Waals surface area contributed by atoms with Gasteiger partial charge in [-0.3, -0.25) is 4.79 Å². The molecule has 0 radical (unpaired) electrons. The van der Waals surface area contributed by atoms with Gasteiger partial charge >= 0.3 is 18.2 Å². The van der Waals surface area contributed by atoms with E-state index in [1.807, 2.05) is 0 Å². The Balaban J connectivity index is 2.46.